The van der Waals surface area contributed by atoms with E-state index in [-0.39, 0.29) is 17.3 Å². The van der Waals surface area contributed by atoms with E-state index in [1.165, 1.54) is 24.8 Å². The molecule has 0 radical (unpaired) electrons. The number of fused-ring (bicyclic) bond motifs is 1. The fourth-order valence-electron chi connectivity index (χ4n) is 7.28. The first-order valence-electron chi connectivity index (χ1n) is 13.0. The highest BCUT2D eigenvalue weighted by Gasteiger charge is 2.51. The van der Waals surface area contributed by atoms with Gasteiger partial charge in [-0.25, -0.2) is 8.42 Å². The molecule has 0 saturated heterocycles. The zero-order chi connectivity index (χ0) is 23.3. The average Bonchev–Trinajstić information content (AvgIpc) is 3.20. The van der Waals surface area contributed by atoms with Crippen molar-refractivity contribution in [3.8, 4) is 0 Å². The molecule has 3 nitrogen and oxygen atoms in total. The number of allylic oxidation sites excluding steroid dienone is 3. The number of hydrogen-bond acceptors (Lipinski definition) is 3. The van der Waals surface area contributed by atoms with Gasteiger partial charge in [0.1, 0.15) is 5.25 Å². The third kappa shape index (κ3) is 4.43. The molecule has 0 spiro atoms. The van der Waals surface area contributed by atoms with Crippen LogP contribution in [0.1, 0.15) is 86.0 Å². The Morgan fingerprint density at radius 2 is 1.81 bits per heavy atom. The molecular formula is C28H44O3S. The lowest BCUT2D eigenvalue weighted by atomic mass is 9.61. The van der Waals surface area contributed by atoms with E-state index < -0.39 is 15.1 Å². The van der Waals surface area contributed by atoms with Crippen molar-refractivity contribution in [2.75, 3.05) is 5.75 Å². The number of rotatable bonds is 5. The first kappa shape index (κ1) is 24.3. The monoisotopic (exact) mass is 460 g/mol. The van der Waals surface area contributed by atoms with E-state index in [2.05, 4.69) is 52.8 Å². The SMILES string of the molecule is CC(C)[C@@H](C)/C=C/[C@@H](C)[C@H]1CC[C@H]2/C(=C/C3C4=C(CC[C@H](O)C4)CS3(=O)=O)CCC[C@]12C. The van der Waals surface area contributed by atoms with Gasteiger partial charge in [-0.05, 0) is 91.9 Å². The topological polar surface area (TPSA) is 54.4 Å². The molecule has 180 valence electrons. The molecule has 0 aromatic rings. The van der Waals surface area contributed by atoms with E-state index in [4.69, 9.17) is 0 Å². The van der Waals surface area contributed by atoms with Crippen molar-refractivity contribution < 1.29 is 13.5 Å². The summed E-state index contributed by atoms with van der Waals surface area (Å²) in [4.78, 5) is 0. The molecule has 1 aliphatic heterocycles. The van der Waals surface area contributed by atoms with Gasteiger partial charge < -0.3 is 5.11 Å². The lowest BCUT2D eigenvalue weighted by Crippen LogP contribution is -2.36. The summed E-state index contributed by atoms with van der Waals surface area (Å²) in [5, 5.41) is 9.73. The van der Waals surface area contributed by atoms with Crippen molar-refractivity contribution in [2.45, 2.75) is 97.3 Å². The number of aliphatic hydroxyl groups excluding tert-OH is 1. The van der Waals surface area contributed by atoms with Crippen molar-refractivity contribution in [1.82, 2.24) is 0 Å². The van der Waals surface area contributed by atoms with E-state index in [9.17, 15) is 13.5 Å². The van der Waals surface area contributed by atoms with Gasteiger partial charge in [0.2, 0.25) is 0 Å². The van der Waals surface area contributed by atoms with Crippen molar-refractivity contribution in [1.29, 1.82) is 0 Å². The van der Waals surface area contributed by atoms with Gasteiger partial charge in [-0.2, -0.15) is 0 Å². The first-order valence-corrected chi connectivity index (χ1v) is 14.7. The predicted octanol–water partition coefficient (Wildman–Crippen LogP) is 6.25. The Hall–Kier alpha value is -0.870. The maximum absolute atomic E-state index is 13.1. The highest BCUT2D eigenvalue weighted by Crippen LogP contribution is 2.60. The molecule has 0 aromatic carbocycles. The summed E-state index contributed by atoms with van der Waals surface area (Å²) < 4.78 is 26.2. The standard InChI is InChI=1S/C28H44O3S/c1-18(2)19(3)8-9-20(4)25-12-13-26-21(7-6-14-28(25,26)5)15-27-24-16-23(29)11-10-22(24)17-32(27,30)31/h8-9,15,18-20,23,25-27,29H,6-7,10-14,16-17H2,1-5H3/b9-8+,21-15+/t19-,20+,23-,25+,26-,27?,28+/m0/s1. The predicted molar refractivity (Wildman–Crippen MR) is 133 cm³/mol. The molecule has 4 heteroatoms. The van der Waals surface area contributed by atoms with Gasteiger partial charge in [-0.3, -0.25) is 0 Å². The van der Waals surface area contributed by atoms with Crippen LogP contribution >= 0.6 is 0 Å². The highest BCUT2D eigenvalue weighted by atomic mass is 32.2. The van der Waals surface area contributed by atoms with Crippen LogP contribution in [-0.4, -0.2) is 30.6 Å². The zero-order valence-corrected chi connectivity index (χ0v) is 21.6. The zero-order valence-electron chi connectivity index (χ0n) is 20.8. The van der Waals surface area contributed by atoms with Gasteiger partial charge >= 0.3 is 0 Å². The third-order valence-corrected chi connectivity index (χ3v) is 11.5. The molecule has 3 aliphatic carbocycles. The van der Waals surface area contributed by atoms with Crippen LogP contribution in [0.15, 0.2) is 34.9 Å². The van der Waals surface area contributed by atoms with Crippen LogP contribution in [0, 0.1) is 35.0 Å². The molecule has 0 amide bonds. The van der Waals surface area contributed by atoms with E-state index in [1.54, 1.807) is 0 Å². The minimum absolute atomic E-state index is 0.212. The molecule has 4 aliphatic rings. The lowest BCUT2D eigenvalue weighted by molar-refractivity contribution is 0.111. The summed E-state index contributed by atoms with van der Waals surface area (Å²) in [6.07, 6.45) is 14.5. The Morgan fingerprint density at radius 1 is 1.06 bits per heavy atom. The average molecular weight is 461 g/mol. The van der Waals surface area contributed by atoms with Crippen molar-refractivity contribution in [3.05, 3.63) is 34.9 Å². The Kier molecular flexibility index (Phi) is 6.87. The fraction of sp³-hybridized carbons (Fsp3) is 0.786. The number of sulfone groups is 1. The van der Waals surface area contributed by atoms with Crippen LogP contribution < -0.4 is 0 Å². The summed E-state index contributed by atoms with van der Waals surface area (Å²) >= 11 is 0. The maximum Gasteiger partial charge on any atom is 0.164 e. The maximum atomic E-state index is 13.1. The molecule has 1 unspecified atom stereocenters. The third-order valence-electron chi connectivity index (χ3n) is 9.60. The summed E-state index contributed by atoms with van der Waals surface area (Å²) in [6.45, 7) is 11.8. The molecule has 1 N–H and O–H groups in total. The van der Waals surface area contributed by atoms with Crippen molar-refractivity contribution >= 4 is 9.84 Å². The van der Waals surface area contributed by atoms with Gasteiger partial charge in [-0.1, -0.05) is 64.0 Å². The van der Waals surface area contributed by atoms with Crippen LogP contribution in [0.5, 0.6) is 0 Å². The quantitative estimate of drug-likeness (QED) is 0.493. The summed E-state index contributed by atoms with van der Waals surface area (Å²) in [6, 6.07) is 0. The molecule has 0 aromatic heterocycles. The van der Waals surface area contributed by atoms with Crippen LogP contribution in [0.4, 0.5) is 0 Å². The normalized spacial score (nSPS) is 40.2. The van der Waals surface area contributed by atoms with Gasteiger partial charge in [0.15, 0.2) is 9.84 Å². The van der Waals surface area contributed by atoms with Crippen LogP contribution in [-0.2, 0) is 9.84 Å². The lowest BCUT2D eigenvalue weighted by Gasteiger charge is -2.44. The minimum atomic E-state index is -3.17. The molecule has 4 rings (SSSR count). The second-order valence-corrected chi connectivity index (χ2v) is 14.1. The van der Waals surface area contributed by atoms with Gasteiger partial charge in [0.05, 0.1) is 11.9 Å². The largest absolute Gasteiger partial charge is 0.393 e. The Balaban J connectivity index is 1.58. The Bertz CT molecular complexity index is 909. The molecule has 7 atom stereocenters. The van der Waals surface area contributed by atoms with Crippen LogP contribution in [0.25, 0.3) is 0 Å². The summed E-state index contributed by atoms with van der Waals surface area (Å²) in [5.74, 6) is 3.21. The van der Waals surface area contributed by atoms with Crippen LogP contribution in [0.3, 0.4) is 0 Å². The fourth-order valence-corrected chi connectivity index (χ4v) is 9.36. The van der Waals surface area contributed by atoms with Crippen molar-refractivity contribution in [2.24, 2.45) is 35.0 Å². The van der Waals surface area contributed by atoms with Gasteiger partial charge in [-0.15, -0.1) is 0 Å². The molecule has 1 heterocycles. The molecule has 0 bridgehead atoms. The van der Waals surface area contributed by atoms with Crippen molar-refractivity contribution in [3.63, 3.8) is 0 Å². The molecule has 32 heavy (non-hydrogen) atoms. The van der Waals surface area contributed by atoms with E-state index in [0.29, 0.717) is 42.4 Å². The first-order chi connectivity index (χ1) is 15.0. The highest BCUT2D eigenvalue weighted by molar-refractivity contribution is 7.92. The molecule has 2 fully saturated rings. The van der Waals surface area contributed by atoms with Gasteiger partial charge in [0, 0.05) is 0 Å². The van der Waals surface area contributed by atoms with Crippen LogP contribution in [0.2, 0.25) is 0 Å². The van der Waals surface area contributed by atoms with E-state index >= 15 is 0 Å². The smallest absolute Gasteiger partial charge is 0.164 e. The Morgan fingerprint density at radius 3 is 2.53 bits per heavy atom. The number of hydrogen-bond donors (Lipinski definition) is 1. The number of aliphatic hydroxyl groups is 1. The second-order valence-electron chi connectivity index (χ2n) is 11.9. The van der Waals surface area contributed by atoms with Gasteiger partial charge in [0.25, 0.3) is 0 Å². The molecule has 2 saturated carbocycles. The molecular weight excluding hydrogens is 416 g/mol. The summed E-state index contributed by atoms with van der Waals surface area (Å²) in [5.41, 5.74) is 3.78. The second kappa shape index (κ2) is 9.06. The van der Waals surface area contributed by atoms with E-state index in [1.807, 2.05) is 0 Å². The van der Waals surface area contributed by atoms with E-state index in [0.717, 1.165) is 30.4 Å². The summed E-state index contributed by atoms with van der Waals surface area (Å²) in [7, 11) is -3.17. The minimum Gasteiger partial charge on any atom is -0.393 e. The Labute approximate surface area is 196 Å².